The number of fused-ring (bicyclic) bond motifs is 5. The second-order valence-electron chi connectivity index (χ2n) is 7.66. The van der Waals surface area contributed by atoms with Crippen LogP contribution in [0.1, 0.15) is 24.8 Å². The molecule has 0 N–H and O–H groups in total. The van der Waals surface area contributed by atoms with Crippen LogP contribution in [-0.2, 0) is 16.2 Å². The molecule has 2 aromatic rings. The molecule has 0 radical (unpaired) electrons. The lowest BCUT2D eigenvalue weighted by atomic mass is 9.81. The lowest BCUT2D eigenvalue weighted by Gasteiger charge is -2.19. The first-order valence-corrected chi connectivity index (χ1v) is 9.37. The summed E-state index contributed by atoms with van der Waals surface area (Å²) in [5.41, 5.74) is 1.77. The average Bonchev–Trinajstić information content (AvgIpc) is 3.35. The van der Waals surface area contributed by atoms with E-state index >= 15 is 0 Å². The number of anilines is 1. The zero-order valence-electron chi connectivity index (χ0n) is 14.5. The molecule has 0 aromatic heterocycles. The second kappa shape index (κ2) is 5.97. The van der Waals surface area contributed by atoms with E-state index in [1.165, 1.54) is 4.90 Å². The van der Waals surface area contributed by atoms with E-state index in [1.54, 1.807) is 0 Å². The number of carbonyl (C=O) groups excluding carboxylic acids is 2. The van der Waals surface area contributed by atoms with E-state index in [4.69, 9.17) is 4.74 Å². The summed E-state index contributed by atoms with van der Waals surface area (Å²) in [5.74, 6) is 1.43. The predicted molar refractivity (Wildman–Crippen MR) is 97.5 cm³/mol. The molecule has 4 atom stereocenters. The van der Waals surface area contributed by atoms with Gasteiger partial charge in [0.1, 0.15) is 12.4 Å². The molecule has 3 aliphatic rings. The normalized spacial score (nSPS) is 29.3. The van der Waals surface area contributed by atoms with Gasteiger partial charge in [0.05, 0.1) is 17.5 Å². The van der Waals surface area contributed by atoms with Crippen molar-refractivity contribution < 1.29 is 14.3 Å². The first kappa shape index (κ1) is 15.6. The van der Waals surface area contributed by atoms with E-state index in [-0.39, 0.29) is 23.7 Å². The number of hydrogen-bond acceptors (Lipinski definition) is 3. The maximum atomic E-state index is 12.9. The zero-order valence-corrected chi connectivity index (χ0v) is 14.5. The Labute approximate surface area is 152 Å². The van der Waals surface area contributed by atoms with Crippen LogP contribution in [-0.4, -0.2) is 11.8 Å². The number of ether oxygens (including phenoxy) is 1. The van der Waals surface area contributed by atoms with Gasteiger partial charge in [0.2, 0.25) is 11.8 Å². The molecular formula is C22H21NO3. The van der Waals surface area contributed by atoms with Gasteiger partial charge in [-0.05, 0) is 60.9 Å². The van der Waals surface area contributed by atoms with Crippen LogP contribution < -0.4 is 9.64 Å². The van der Waals surface area contributed by atoms with E-state index in [0.29, 0.717) is 24.1 Å². The van der Waals surface area contributed by atoms with Crippen LogP contribution in [0.15, 0.2) is 54.6 Å². The van der Waals surface area contributed by atoms with Crippen molar-refractivity contribution in [2.24, 2.45) is 23.7 Å². The Balaban J connectivity index is 1.32. The molecule has 4 heteroatoms. The highest BCUT2D eigenvalue weighted by atomic mass is 16.5. The predicted octanol–water partition coefficient (Wildman–Crippen LogP) is 3.80. The highest BCUT2D eigenvalue weighted by Gasteiger charge is 2.61. The summed E-state index contributed by atoms with van der Waals surface area (Å²) in [4.78, 5) is 27.1. The number of nitrogens with zero attached hydrogens (tertiary/aromatic N) is 1. The maximum absolute atomic E-state index is 12.9. The molecule has 1 saturated heterocycles. The minimum Gasteiger partial charge on any atom is -0.489 e. The van der Waals surface area contributed by atoms with Gasteiger partial charge >= 0.3 is 0 Å². The topological polar surface area (TPSA) is 46.6 Å². The summed E-state index contributed by atoms with van der Waals surface area (Å²) in [5, 5.41) is 0. The van der Waals surface area contributed by atoms with Crippen LogP contribution in [0.4, 0.5) is 5.69 Å². The third-order valence-electron chi connectivity index (χ3n) is 6.27. The Hall–Kier alpha value is -2.62. The second-order valence-corrected chi connectivity index (χ2v) is 7.66. The Bertz CT molecular complexity index is 817. The van der Waals surface area contributed by atoms with Gasteiger partial charge < -0.3 is 4.74 Å². The SMILES string of the molecule is O=C1[C@H]2[C@@H]3CC[C@@H](C3)[C@@H]2C(=O)N1c1ccc(OCc2ccccc2)cc1. The monoisotopic (exact) mass is 347 g/mol. The highest BCUT2D eigenvalue weighted by molar-refractivity contribution is 6.22. The number of imide groups is 1. The minimum atomic E-state index is -0.0738. The first-order chi connectivity index (χ1) is 12.7. The quantitative estimate of drug-likeness (QED) is 0.790. The van der Waals surface area contributed by atoms with Gasteiger partial charge in [0.15, 0.2) is 0 Å². The molecule has 0 unspecified atom stereocenters. The van der Waals surface area contributed by atoms with E-state index in [9.17, 15) is 9.59 Å². The number of benzene rings is 2. The van der Waals surface area contributed by atoms with E-state index in [2.05, 4.69) is 0 Å². The molecule has 26 heavy (non-hydrogen) atoms. The van der Waals surface area contributed by atoms with Crippen LogP contribution in [0, 0.1) is 23.7 Å². The van der Waals surface area contributed by atoms with Crippen molar-refractivity contribution in [3.8, 4) is 5.75 Å². The Morgan fingerprint density at radius 1 is 0.846 bits per heavy atom. The molecule has 2 amide bonds. The standard InChI is InChI=1S/C22H21NO3/c24-21-19-15-6-7-16(12-15)20(19)22(25)23(21)17-8-10-18(11-9-17)26-13-14-4-2-1-3-5-14/h1-5,8-11,15-16,19-20H,6-7,12-13H2/t15-,16+,19-,20-/m0/s1. The smallest absolute Gasteiger partial charge is 0.237 e. The van der Waals surface area contributed by atoms with Gasteiger partial charge in [-0.25, -0.2) is 0 Å². The third kappa shape index (κ3) is 2.36. The molecule has 3 fully saturated rings. The first-order valence-electron chi connectivity index (χ1n) is 9.37. The van der Waals surface area contributed by atoms with Crippen LogP contribution in [0.3, 0.4) is 0 Å². The van der Waals surface area contributed by atoms with Gasteiger partial charge in [-0.2, -0.15) is 0 Å². The number of hydrogen-bond donors (Lipinski definition) is 0. The summed E-state index contributed by atoms with van der Waals surface area (Å²) < 4.78 is 5.79. The molecule has 132 valence electrons. The summed E-state index contributed by atoms with van der Waals surface area (Å²) in [6.45, 7) is 0.495. The summed E-state index contributed by atoms with van der Waals surface area (Å²) in [6, 6.07) is 17.3. The third-order valence-corrected chi connectivity index (χ3v) is 6.27. The van der Waals surface area contributed by atoms with E-state index in [1.807, 2.05) is 54.6 Å². The van der Waals surface area contributed by atoms with E-state index in [0.717, 1.165) is 30.6 Å². The maximum Gasteiger partial charge on any atom is 0.237 e. The average molecular weight is 347 g/mol. The van der Waals surface area contributed by atoms with Crippen molar-refractivity contribution >= 4 is 17.5 Å². The largest absolute Gasteiger partial charge is 0.489 e. The highest BCUT2D eigenvalue weighted by Crippen LogP contribution is 2.56. The summed E-state index contributed by atoms with van der Waals surface area (Å²) >= 11 is 0. The molecule has 0 spiro atoms. The molecule has 2 aromatic carbocycles. The van der Waals surface area contributed by atoms with Crippen LogP contribution in [0.25, 0.3) is 0 Å². The van der Waals surface area contributed by atoms with E-state index < -0.39 is 0 Å². The summed E-state index contributed by atoms with van der Waals surface area (Å²) in [7, 11) is 0. The number of carbonyl (C=O) groups is 2. The molecular weight excluding hydrogens is 326 g/mol. The van der Waals surface area contributed by atoms with Gasteiger partial charge in [-0.15, -0.1) is 0 Å². The van der Waals surface area contributed by atoms with Gasteiger partial charge in [-0.3, -0.25) is 14.5 Å². The van der Waals surface area contributed by atoms with Crippen molar-refractivity contribution in [2.45, 2.75) is 25.9 Å². The molecule has 2 saturated carbocycles. The van der Waals surface area contributed by atoms with Crippen LogP contribution in [0.2, 0.25) is 0 Å². The van der Waals surface area contributed by atoms with Gasteiger partial charge in [0.25, 0.3) is 0 Å². The Kier molecular flexibility index (Phi) is 3.59. The molecule has 1 aliphatic heterocycles. The summed E-state index contributed by atoms with van der Waals surface area (Å²) in [6.07, 6.45) is 3.27. The Morgan fingerprint density at radius 2 is 1.46 bits per heavy atom. The fraction of sp³-hybridized carbons (Fsp3) is 0.364. The fourth-order valence-corrected chi connectivity index (χ4v) is 5.10. The molecule has 1 heterocycles. The number of amides is 2. The lowest BCUT2D eigenvalue weighted by molar-refractivity contribution is -0.123. The Morgan fingerprint density at radius 3 is 2.08 bits per heavy atom. The van der Waals surface area contributed by atoms with Crippen molar-refractivity contribution in [2.75, 3.05) is 4.90 Å². The molecule has 4 nitrogen and oxygen atoms in total. The number of rotatable bonds is 4. The zero-order chi connectivity index (χ0) is 17.7. The molecule has 2 bridgehead atoms. The van der Waals surface area contributed by atoms with Crippen molar-refractivity contribution in [1.29, 1.82) is 0 Å². The van der Waals surface area contributed by atoms with Crippen LogP contribution >= 0.6 is 0 Å². The van der Waals surface area contributed by atoms with Crippen molar-refractivity contribution in [1.82, 2.24) is 0 Å². The van der Waals surface area contributed by atoms with Gasteiger partial charge in [0, 0.05) is 0 Å². The van der Waals surface area contributed by atoms with Crippen molar-refractivity contribution in [3.63, 3.8) is 0 Å². The fourth-order valence-electron chi connectivity index (χ4n) is 5.10. The van der Waals surface area contributed by atoms with Crippen molar-refractivity contribution in [3.05, 3.63) is 60.2 Å². The molecule has 2 aliphatic carbocycles. The minimum absolute atomic E-state index is 0.00477. The van der Waals surface area contributed by atoms with Crippen LogP contribution in [0.5, 0.6) is 5.75 Å². The molecule has 5 rings (SSSR count). The van der Waals surface area contributed by atoms with Gasteiger partial charge in [-0.1, -0.05) is 30.3 Å². The lowest BCUT2D eigenvalue weighted by Crippen LogP contribution is -2.32.